The number of rotatable bonds is 5. The maximum Gasteiger partial charge on any atom is 2.00 e. The van der Waals surface area contributed by atoms with Crippen LogP contribution in [0.2, 0.25) is 0 Å². The first kappa shape index (κ1) is 28.9. The Balaban J connectivity index is 0.00000324. The molecule has 47 heavy (non-hydrogen) atoms. The molecule has 0 aliphatic carbocycles. The van der Waals surface area contributed by atoms with Crippen molar-refractivity contribution in [3.8, 4) is 45.1 Å². The molecule has 0 aliphatic rings. The normalized spacial score (nSPS) is 11.2. The van der Waals surface area contributed by atoms with Crippen molar-refractivity contribution in [2.24, 2.45) is 0 Å². The average molecular weight is 784 g/mol. The summed E-state index contributed by atoms with van der Waals surface area (Å²) in [5.41, 5.74) is 7.07. The first-order chi connectivity index (χ1) is 22.8. The molecular weight excluding hydrogens is 760 g/mol. The van der Waals surface area contributed by atoms with Gasteiger partial charge in [-0.25, -0.2) is 0 Å². The quantitative estimate of drug-likeness (QED) is 0.129. The fraction of sp³-hybridized carbons (Fsp3) is 0. The SMILES string of the molecule is [Pt+2].[c-]1c(Oc2[c-]c(-c3ccccn3)c3oc4cc5cc(-c6ccccc6)c6ccccc6c5cc4c3c2)cccc1-c1ccccn1. The molecule has 9 aromatic rings. The van der Waals surface area contributed by atoms with Gasteiger partial charge in [-0.1, -0.05) is 108 Å². The number of aromatic nitrogens is 2. The molecule has 6 aromatic carbocycles. The Hall–Kier alpha value is -5.57. The third kappa shape index (κ3) is 5.17. The fourth-order valence-corrected chi connectivity index (χ4v) is 6.29. The predicted molar refractivity (Wildman–Crippen MR) is 185 cm³/mol. The summed E-state index contributed by atoms with van der Waals surface area (Å²) in [4.78, 5) is 9.12. The molecule has 9 rings (SSSR count). The van der Waals surface area contributed by atoms with Crippen LogP contribution in [0.3, 0.4) is 0 Å². The van der Waals surface area contributed by atoms with Crippen molar-refractivity contribution in [2.45, 2.75) is 0 Å². The zero-order chi connectivity index (χ0) is 30.5. The maximum absolute atomic E-state index is 6.64. The van der Waals surface area contributed by atoms with E-state index in [2.05, 4.69) is 88.8 Å². The molecular formula is C42H24N2O2Pt. The molecule has 224 valence electrons. The number of pyridine rings is 2. The monoisotopic (exact) mass is 783 g/mol. The molecule has 0 bridgehead atoms. The second-order valence-corrected chi connectivity index (χ2v) is 11.2. The van der Waals surface area contributed by atoms with E-state index >= 15 is 0 Å². The van der Waals surface area contributed by atoms with E-state index in [-0.39, 0.29) is 21.1 Å². The number of furan rings is 1. The third-order valence-electron chi connectivity index (χ3n) is 8.39. The van der Waals surface area contributed by atoms with Gasteiger partial charge in [-0.05, 0) is 74.4 Å². The predicted octanol–water partition coefficient (Wildman–Crippen LogP) is 11.1. The van der Waals surface area contributed by atoms with Crippen molar-refractivity contribution >= 4 is 43.5 Å². The van der Waals surface area contributed by atoms with Crippen LogP contribution in [0.25, 0.3) is 77.1 Å². The van der Waals surface area contributed by atoms with Crippen LogP contribution in [0.4, 0.5) is 0 Å². The van der Waals surface area contributed by atoms with Gasteiger partial charge in [0, 0.05) is 29.3 Å². The standard InChI is InChI=1S/C42H24N2O2.Pt/c1-2-11-27(12-3-1)34-22-29-23-41-36(26-35(29)33-16-5-4-15-32(33)34)37-24-31(25-38(42(37)46-41)40-18-7-9-20-44-40)45-30-14-10-13-28(21-30)39-17-6-8-19-43-39;/h1-20,22-24,26H;/q-2;+2. The topological polar surface area (TPSA) is 48.2 Å². The van der Waals surface area contributed by atoms with Crippen molar-refractivity contribution in [1.82, 2.24) is 9.97 Å². The summed E-state index contributed by atoms with van der Waals surface area (Å²) >= 11 is 0. The largest absolute Gasteiger partial charge is 2.00 e. The molecule has 0 N–H and O–H groups in total. The fourth-order valence-electron chi connectivity index (χ4n) is 6.29. The summed E-state index contributed by atoms with van der Waals surface area (Å²) in [5.74, 6) is 1.12. The first-order valence-electron chi connectivity index (χ1n) is 15.1. The molecule has 0 saturated heterocycles. The van der Waals surface area contributed by atoms with Gasteiger partial charge in [-0.3, -0.25) is 0 Å². The molecule has 0 radical (unpaired) electrons. The van der Waals surface area contributed by atoms with Gasteiger partial charge in [-0.2, -0.15) is 0 Å². The summed E-state index contributed by atoms with van der Waals surface area (Å²) in [7, 11) is 0. The van der Waals surface area contributed by atoms with Crippen molar-refractivity contribution in [3.63, 3.8) is 0 Å². The summed E-state index contributed by atoms with van der Waals surface area (Å²) in [5, 5.41) is 6.62. The van der Waals surface area contributed by atoms with Crippen molar-refractivity contribution in [2.75, 3.05) is 0 Å². The second-order valence-electron chi connectivity index (χ2n) is 11.2. The smallest absolute Gasteiger partial charge is 0.501 e. The van der Waals surface area contributed by atoms with Gasteiger partial charge in [-0.15, -0.1) is 23.8 Å². The van der Waals surface area contributed by atoms with Crippen LogP contribution in [0.15, 0.2) is 150 Å². The van der Waals surface area contributed by atoms with Crippen LogP contribution in [0.1, 0.15) is 0 Å². The average Bonchev–Trinajstić information content (AvgIpc) is 3.48. The number of ether oxygens (including phenoxy) is 1. The molecule has 3 heterocycles. The number of hydrogen-bond donors (Lipinski definition) is 0. The zero-order valence-corrected chi connectivity index (χ0v) is 27.2. The summed E-state index contributed by atoms with van der Waals surface area (Å²) in [6.07, 6.45) is 3.55. The second kappa shape index (κ2) is 12.0. The van der Waals surface area contributed by atoms with E-state index in [0.717, 1.165) is 55.2 Å². The Bertz CT molecular complexity index is 2550. The van der Waals surface area contributed by atoms with Gasteiger partial charge in [0.15, 0.2) is 0 Å². The van der Waals surface area contributed by atoms with E-state index in [0.29, 0.717) is 11.5 Å². The van der Waals surface area contributed by atoms with Crippen molar-refractivity contribution < 1.29 is 30.2 Å². The molecule has 0 unspecified atom stereocenters. The molecule has 0 amide bonds. The van der Waals surface area contributed by atoms with Crippen LogP contribution in [0, 0.1) is 12.1 Å². The Morgan fingerprint density at radius 3 is 2.06 bits per heavy atom. The molecule has 0 aliphatic heterocycles. The van der Waals surface area contributed by atoms with Crippen molar-refractivity contribution in [3.05, 3.63) is 158 Å². The maximum atomic E-state index is 6.64. The summed E-state index contributed by atoms with van der Waals surface area (Å²) in [6, 6.07) is 52.1. The van der Waals surface area contributed by atoms with E-state index in [1.807, 2.05) is 66.7 Å². The van der Waals surface area contributed by atoms with Crippen LogP contribution < -0.4 is 4.74 Å². The molecule has 0 spiro atoms. The van der Waals surface area contributed by atoms with Gasteiger partial charge >= 0.3 is 21.1 Å². The van der Waals surface area contributed by atoms with Gasteiger partial charge in [0.05, 0.1) is 5.58 Å². The molecule has 0 atom stereocenters. The van der Waals surface area contributed by atoms with E-state index in [1.54, 1.807) is 12.4 Å². The zero-order valence-electron chi connectivity index (χ0n) is 24.9. The minimum atomic E-state index is 0. The van der Waals surface area contributed by atoms with E-state index in [4.69, 9.17) is 9.15 Å². The Morgan fingerprint density at radius 1 is 0.532 bits per heavy atom. The minimum absolute atomic E-state index is 0. The number of hydrogen-bond acceptors (Lipinski definition) is 4. The summed E-state index contributed by atoms with van der Waals surface area (Å²) < 4.78 is 13.1. The van der Waals surface area contributed by atoms with Crippen LogP contribution >= 0.6 is 0 Å². The number of fused-ring (bicyclic) bond motifs is 6. The van der Waals surface area contributed by atoms with Crippen LogP contribution in [-0.2, 0) is 21.1 Å². The summed E-state index contributed by atoms with van der Waals surface area (Å²) in [6.45, 7) is 0. The van der Waals surface area contributed by atoms with E-state index in [1.165, 1.54) is 21.9 Å². The third-order valence-corrected chi connectivity index (χ3v) is 8.39. The minimum Gasteiger partial charge on any atom is -0.501 e. The van der Waals surface area contributed by atoms with E-state index < -0.39 is 0 Å². The molecule has 3 aromatic heterocycles. The molecule has 0 fully saturated rings. The van der Waals surface area contributed by atoms with E-state index in [9.17, 15) is 0 Å². The van der Waals surface area contributed by atoms with Gasteiger partial charge < -0.3 is 19.1 Å². The first-order valence-corrected chi connectivity index (χ1v) is 15.1. The van der Waals surface area contributed by atoms with Crippen LogP contribution in [0.5, 0.6) is 11.5 Å². The number of nitrogens with zero attached hydrogens (tertiary/aromatic N) is 2. The Labute approximate surface area is 285 Å². The molecule has 5 heteroatoms. The molecule has 0 saturated carbocycles. The van der Waals surface area contributed by atoms with Gasteiger partial charge in [0.1, 0.15) is 5.58 Å². The Kier molecular flexibility index (Phi) is 7.36. The van der Waals surface area contributed by atoms with Gasteiger partial charge in [0.25, 0.3) is 0 Å². The van der Waals surface area contributed by atoms with Crippen LogP contribution in [-0.4, -0.2) is 9.97 Å². The van der Waals surface area contributed by atoms with Gasteiger partial charge in [0.2, 0.25) is 0 Å². The van der Waals surface area contributed by atoms with Crippen molar-refractivity contribution in [1.29, 1.82) is 0 Å². The Morgan fingerprint density at radius 2 is 1.28 bits per heavy atom. The molecule has 4 nitrogen and oxygen atoms in total. The number of benzene rings is 6.